The van der Waals surface area contributed by atoms with Gasteiger partial charge in [-0.05, 0) is 11.5 Å². The van der Waals surface area contributed by atoms with Gasteiger partial charge >= 0.3 is 0 Å². The van der Waals surface area contributed by atoms with Crippen LogP contribution in [-0.4, -0.2) is 4.58 Å². The lowest BCUT2D eigenvalue weighted by atomic mass is 10.7. The van der Waals surface area contributed by atoms with E-state index in [9.17, 15) is 0 Å². The van der Waals surface area contributed by atoms with E-state index in [2.05, 4.69) is 11.7 Å². The Morgan fingerprint density at radius 1 is 1.27 bits per heavy atom. The summed E-state index contributed by atoms with van der Waals surface area (Å²) in [6.07, 6.45) is 1.86. The Morgan fingerprint density at radius 2 is 2.00 bits per heavy atom. The van der Waals surface area contributed by atoms with Crippen LogP contribution in [0.5, 0.6) is 0 Å². The number of thiol groups is 1. The highest BCUT2D eigenvalue weighted by Crippen LogP contribution is 2.37. The zero-order valence-corrected chi connectivity index (χ0v) is 10.2. The third-order valence-electron chi connectivity index (χ3n) is 0.591. The number of hydrogen-bond donors (Lipinski definition) is 1. The second kappa shape index (κ2) is 9.55. The molecule has 0 spiro atoms. The van der Waals surface area contributed by atoms with Gasteiger partial charge in [0, 0.05) is 11.1 Å². The smallest absolute Gasteiger partial charge is 0.0901 e. The van der Waals surface area contributed by atoms with Gasteiger partial charge in [-0.15, -0.1) is 11.7 Å². The van der Waals surface area contributed by atoms with Crippen molar-refractivity contribution in [2.24, 2.45) is 0 Å². The lowest BCUT2D eigenvalue weighted by Gasteiger charge is -2.03. The third kappa shape index (κ3) is 7.81. The van der Waals surface area contributed by atoms with Crippen LogP contribution < -0.4 is 0 Å². The summed E-state index contributed by atoms with van der Waals surface area (Å²) < 4.78 is 0.258. The Balaban J connectivity index is 3.51. The average Bonchev–Trinajstić information content (AvgIpc) is 2.03. The molecule has 0 saturated heterocycles. The minimum atomic E-state index is 0.258. The predicted octanol–water partition coefficient (Wildman–Crippen LogP) is 4.73. The Labute approximate surface area is 93.8 Å². The molecule has 0 fully saturated rings. The van der Waals surface area contributed by atoms with E-state index < -0.39 is 0 Å². The van der Waals surface area contributed by atoms with Crippen molar-refractivity contribution in [2.45, 2.75) is 4.58 Å². The topological polar surface area (TPSA) is 0 Å². The second-order valence-electron chi connectivity index (χ2n) is 1.25. The first-order valence-electron chi connectivity index (χ1n) is 2.49. The Kier molecular flexibility index (Phi) is 10.8. The fourth-order valence-electron chi connectivity index (χ4n) is 0.252. The molecule has 0 aliphatic heterocycles. The molecule has 0 aliphatic rings. The summed E-state index contributed by atoms with van der Waals surface area (Å²) >= 11 is 14.8. The lowest BCUT2D eigenvalue weighted by Crippen LogP contribution is -1.81. The molecule has 0 aromatic heterocycles. The first kappa shape index (κ1) is 12.5. The van der Waals surface area contributed by atoms with Gasteiger partial charge in [0.2, 0.25) is 0 Å². The highest BCUT2D eigenvalue weighted by molar-refractivity contribution is 8.83. The molecule has 1 unspecified atom stereocenters. The molecule has 1 atom stereocenters. The molecule has 0 aliphatic carbocycles. The quantitative estimate of drug-likeness (QED) is 0.433. The molecule has 11 heavy (non-hydrogen) atoms. The van der Waals surface area contributed by atoms with Crippen LogP contribution in [0.25, 0.3) is 0 Å². The Bertz CT molecular complexity index is 136. The maximum atomic E-state index is 5.39. The monoisotopic (exact) mass is 264 g/mol. The van der Waals surface area contributed by atoms with Crippen LogP contribution in [-0.2, 0) is 0 Å². The van der Waals surface area contributed by atoms with Crippen LogP contribution in [0.4, 0.5) is 0 Å². The van der Waals surface area contributed by atoms with Crippen molar-refractivity contribution in [1.82, 2.24) is 0 Å². The molecule has 0 amide bonds. The molecule has 0 bridgehead atoms. The molecular formula is C5H6Cl2S4. The summed E-state index contributed by atoms with van der Waals surface area (Å²) in [4.78, 5) is 0. The van der Waals surface area contributed by atoms with Gasteiger partial charge in [-0.25, -0.2) is 0 Å². The maximum Gasteiger partial charge on any atom is 0.0901 e. The van der Waals surface area contributed by atoms with E-state index in [1.54, 1.807) is 27.0 Å². The van der Waals surface area contributed by atoms with Gasteiger partial charge in [-0.3, -0.25) is 0 Å². The van der Waals surface area contributed by atoms with Crippen LogP contribution >= 0.6 is 67.2 Å². The van der Waals surface area contributed by atoms with Crippen molar-refractivity contribution in [3.05, 3.63) is 22.6 Å². The van der Waals surface area contributed by atoms with Crippen molar-refractivity contribution in [1.29, 1.82) is 0 Å². The largest absolute Gasteiger partial charge is 0.110 e. The molecule has 0 N–H and O–H groups in total. The van der Waals surface area contributed by atoms with E-state index in [4.69, 9.17) is 23.2 Å². The highest BCUT2D eigenvalue weighted by Gasteiger charge is 2.01. The standard InChI is InChI=1S/C5H6Cl2S4/c6-2-1-5(10-8)11-9-4-3-7/h1-5,8H/b2-1+,4-3+. The average molecular weight is 265 g/mol. The second-order valence-corrected chi connectivity index (χ2v) is 5.72. The van der Waals surface area contributed by atoms with E-state index in [-0.39, 0.29) is 4.58 Å². The summed E-state index contributed by atoms with van der Waals surface area (Å²) in [5, 5.41) is 1.80. The molecule has 0 nitrogen and oxygen atoms in total. The summed E-state index contributed by atoms with van der Waals surface area (Å²) in [7, 11) is 4.62. The van der Waals surface area contributed by atoms with Gasteiger partial charge in [-0.2, -0.15) is 0 Å². The fraction of sp³-hybridized carbons (Fsp3) is 0.200. The molecule has 0 aromatic carbocycles. The van der Waals surface area contributed by atoms with Crippen LogP contribution in [0.2, 0.25) is 0 Å². The van der Waals surface area contributed by atoms with Gasteiger partial charge in [0.05, 0.1) is 4.58 Å². The van der Waals surface area contributed by atoms with E-state index in [1.165, 1.54) is 21.9 Å². The van der Waals surface area contributed by atoms with Crippen LogP contribution in [0, 0.1) is 0 Å². The SMILES string of the molecule is SSC(/C=C/Cl)SS/C=C/Cl. The van der Waals surface area contributed by atoms with Crippen molar-refractivity contribution >= 4 is 67.2 Å². The van der Waals surface area contributed by atoms with Crippen molar-refractivity contribution in [3.8, 4) is 0 Å². The number of rotatable bonds is 5. The molecule has 0 heterocycles. The van der Waals surface area contributed by atoms with E-state index in [0.717, 1.165) is 0 Å². The Morgan fingerprint density at radius 3 is 2.45 bits per heavy atom. The van der Waals surface area contributed by atoms with Gasteiger partial charge in [0.15, 0.2) is 0 Å². The number of halogens is 2. The molecule has 0 aromatic rings. The molecule has 0 radical (unpaired) electrons. The highest BCUT2D eigenvalue weighted by atomic mass is 35.5. The molecular weight excluding hydrogens is 259 g/mol. The van der Waals surface area contributed by atoms with Crippen LogP contribution in [0.1, 0.15) is 0 Å². The Hall–Kier alpha value is 1.46. The molecule has 6 heteroatoms. The van der Waals surface area contributed by atoms with E-state index in [0.29, 0.717) is 0 Å². The minimum Gasteiger partial charge on any atom is -0.110 e. The van der Waals surface area contributed by atoms with Gasteiger partial charge < -0.3 is 0 Å². The van der Waals surface area contributed by atoms with Crippen molar-refractivity contribution < 1.29 is 0 Å². The maximum absolute atomic E-state index is 5.39. The fourth-order valence-corrected chi connectivity index (χ4v) is 4.32. The van der Waals surface area contributed by atoms with Crippen molar-refractivity contribution in [3.63, 3.8) is 0 Å². The zero-order chi connectivity index (χ0) is 8.53. The zero-order valence-electron chi connectivity index (χ0n) is 5.31. The minimum absolute atomic E-state index is 0.258. The summed E-state index contributed by atoms with van der Waals surface area (Å²) in [6, 6.07) is 0. The predicted molar refractivity (Wildman–Crippen MR) is 65.5 cm³/mol. The van der Waals surface area contributed by atoms with Crippen molar-refractivity contribution in [2.75, 3.05) is 0 Å². The molecule has 64 valence electrons. The third-order valence-corrected chi connectivity index (χ3v) is 5.42. The lowest BCUT2D eigenvalue weighted by molar-refractivity contribution is 1.71. The van der Waals surface area contributed by atoms with Gasteiger partial charge in [0.25, 0.3) is 0 Å². The summed E-state index contributed by atoms with van der Waals surface area (Å²) in [5.74, 6) is 0. The summed E-state index contributed by atoms with van der Waals surface area (Å²) in [5.41, 5.74) is 2.97. The van der Waals surface area contributed by atoms with E-state index in [1.807, 2.05) is 6.08 Å². The first-order chi connectivity index (χ1) is 5.35. The van der Waals surface area contributed by atoms with E-state index >= 15 is 0 Å². The first-order valence-corrected chi connectivity index (χ1v) is 7.57. The normalized spacial score (nSPS) is 14.8. The van der Waals surface area contributed by atoms with Crippen LogP contribution in [0.3, 0.4) is 0 Å². The molecule has 0 rings (SSSR count). The van der Waals surface area contributed by atoms with Gasteiger partial charge in [0.1, 0.15) is 0 Å². The number of hydrogen-bond acceptors (Lipinski definition) is 4. The summed E-state index contributed by atoms with van der Waals surface area (Å²) in [6.45, 7) is 0. The van der Waals surface area contributed by atoms with Gasteiger partial charge in [-0.1, -0.05) is 55.6 Å². The van der Waals surface area contributed by atoms with Crippen LogP contribution in [0.15, 0.2) is 22.6 Å². The molecule has 0 saturated carbocycles.